The highest BCUT2D eigenvalue weighted by molar-refractivity contribution is 5.94. The van der Waals surface area contributed by atoms with Gasteiger partial charge >= 0.3 is 0 Å². The van der Waals surface area contributed by atoms with E-state index in [0.717, 1.165) is 62.4 Å². The normalized spacial score (nSPS) is 21.7. The Morgan fingerprint density at radius 3 is 2.55 bits per heavy atom. The van der Waals surface area contributed by atoms with Gasteiger partial charge in [-0.05, 0) is 78.3 Å². The number of amides is 1. The van der Waals surface area contributed by atoms with Crippen molar-refractivity contribution in [2.45, 2.75) is 83.7 Å². The first-order valence-corrected chi connectivity index (χ1v) is 13.2. The molecule has 2 aliphatic heterocycles. The fourth-order valence-corrected chi connectivity index (χ4v) is 6.04. The van der Waals surface area contributed by atoms with Crippen LogP contribution in [0.15, 0.2) is 42.5 Å². The predicted molar refractivity (Wildman–Crippen MR) is 134 cm³/mol. The number of piperidine rings is 1. The molecule has 2 heterocycles. The number of rotatable bonds is 6. The van der Waals surface area contributed by atoms with Crippen LogP contribution in [-0.2, 0) is 12.8 Å². The lowest BCUT2D eigenvalue weighted by molar-refractivity contribution is -0.0191. The zero-order chi connectivity index (χ0) is 23.0. The third kappa shape index (κ3) is 4.83. The fraction of sp³-hybridized carbons (Fsp3) is 0.567. The Labute approximate surface area is 199 Å². The van der Waals surface area contributed by atoms with Crippen molar-refractivity contribution >= 4 is 5.91 Å². The molecule has 176 valence electrons. The number of para-hydroxylation sites is 1. The molecule has 2 fully saturated rings. The molecule has 2 aromatic rings. The van der Waals surface area contributed by atoms with Crippen LogP contribution in [0.3, 0.4) is 0 Å². The number of ether oxygens (including phenoxy) is 1. The topological polar surface area (TPSA) is 29.5 Å². The Kier molecular flexibility index (Phi) is 6.24. The average Bonchev–Trinajstić information content (AvgIpc) is 3.63. The van der Waals surface area contributed by atoms with Crippen LogP contribution in [0.5, 0.6) is 5.75 Å². The van der Waals surface area contributed by atoms with Crippen molar-refractivity contribution in [3.05, 3.63) is 64.7 Å². The Morgan fingerprint density at radius 2 is 1.85 bits per heavy atom. The molecule has 5 rings (SSSR count). The summed E-state index contributed by atoms with van der Waals surface area (Å²) in [5.74, 6) is 3.40. The molecule has 1 amide bonds. The Balaban J connectivity index is 1.28. The summed E-state index contributed by atoms with van der Waals surface area (Å²) in [4.78, 5) is 15.4. The molecule has 0 N–H and O–H groups in total. The van der Waals surface area contributed by atoms with E-state index in [0.29, 0.717) is 11.8 Å². The van der Waals surface area contributed by atoms with Crippen LogP contribution in [0.1, 0.15) is 92.3 Å². The quantitative estimate of drug-likeness (QED) is 0.490. The maximum Gasteiger partial charge on any atom is 0.253 e. The van der Waals surface area contributed by atoms with Crippen molar-refractivity contribution in [1.29, 1.82) is 0 Å². The van der Waals surface area contributed by atoms with E-state index in [-0.39, 0.29) is 11.5 Å². The first-order valence-electron chi connectivity index (χ1n) is 13.2. The lowest BCUT2D eigenvalue weighted by Crippen LogP contribution is -2.51. The number of nitrogens with zero attached hydrogens (tertiary/aromatic N) is 1. The minimum atomic E-state index is -0.111. The van der Waals surface area contributed by atoms with E-state index in [4.69, 9.17) is 4.74 Å². The summed E-state index contributed by atoms with van der Waals surface area (Å²) in [5.41, 5.74) is 4.84. The number of fused-ring (bicyclic) bond motifs is 1. The van der Waals surface area contributed by atoms with Crippen LogP contribution < -0.4 is 4.74 Å². The van der Waals surface area contributed by atoms with Crippen molar-refractivity contribution in [2.75, 3.05) is 13.1 Å². The fourth-order valence-electron chi connectivity index (χ4n) is 6.04. The maximum absolute atomic E-state index is 13.4. The molecule has 0 bridgehead atoms. The van der Waals surface area contributed by atoms with Crippen LogP contribution >= 0.6 is 0 Å². The molecule has 2 aromatic carbocycles. The van der Waals surface area contributed by atoms with E-state index < -0.39 is 0 Å². The number of hydrogen-bond acceptors (Lipinski definition) is 2. The van der Waals surface area contributed by atoms with Gasteiger partial charge in [-0.3, -0.25) is 4.79 Å². The van der Waals surface area contributed by atoms with E-state index in [1.807, 2.05) is 6.07 Å². The Morgan fingerprint density at radius 1 is 1.09 bits per heavy atom. The van der Waals surface area contributed by atoms with Crippen LogP contribution in [0.25, 0.3) is 0 Å². The zero-order valence-corrected chi connectivity index (χ0v) is 20.6. The molecule has 33 heavy (non-hydrogen) atoms. The van der Waals surface area contributed by atoms with E-state index in [2.05, 4.69) is 62.1 Å². The molecule has 1 unspecified atom stereocenters. The van der Waals surface area contributed by atoms with Crippen molar-refractivity contribution < 1.29 is 9.53 Å². The van der Waals surface area contributed by atoms with Gasteiger partial charge in [0, 0.05) is 31.5 Å². The van der Waals surface area contributed by atoms with Crippen LogP contribution in [0, 0.1) is 11.8 Å². The summed E-state index contributed by atoms with van der Waals surface area (Å²) in [6, 6.07) is 15.0. The van der Waals surface area contributed by atoms with Gasteiger partial charge in [0.05, 0.1) is 0 Å². The SMILES string of the molecule is CCc1cc(C(=O)N2CCC3(CC2)CC(CC2CC2)c2ccccc2O3)ccc1CC(C)C. The van der Waals surface area contributed by atoms with Crippen molar-refractivity contribution in [3.8, 4) is 5.75 Å². The van der Waals surface area contributed by atoms with Gasteiger partial charge in [0.1, 0.15) is 11.4 Å². The van der Waals surface area contributed by atoms with Crippen LogP contribution in [0.4, 0.5) is 0 Å². The van der Waals surface area contributed by atoms with Crippen molar-refractivity contribution in [3.63, 3.8) is 0 Å². The Bertz CT molecular complexity index is 998. The highest BCUT2D eigenvalue weighted by Gasteiger charge is 2.45. The first kappa shape index (κ1) is 22.5. The van der Waals surface area contributed by atoms with Gasteiger partial charge in [0.25, 0.3) is 5.91 Å². The third-order valence-electron chi connectivity index (χ3n) is 8.04. The molecule has 3 nitrogen and oxygen atoms in total. The second kappa shape index (κ2) is 9.16. The Hall–Kier alpha value is -2.29. The second-order valence-corrected chi connectivity index (χ2v) is 11.1. The van der Waals surface area contributed by atoms with Gasteiger partial charge < -0.3 is 9.64 Å². The second-order valence-electron chi connectivity index (χ2n) is 11.1. The summed E-state index contributed by atoms with van der Waals surface area (Å²) in [7, 11) is 0. The van der Waals surface area contributed by atoms with Gasteiger partial charge in [-0.15, -0.1) is 0 Å². The summed E-state index contributed by atoms with van der Waals surface area (Å²) >= 11 is 0. The molecule has 1 atom stereocenters. The summed E-state index contributed by atoms with van der Waals surface area (Å²) < 4.78 is 6.68. The number of benzene rings is 2. The van der Waals surface area contributed by atoms with Crippen molar-refractivity contribution in [2.24, 2.45) is 11.8 Å². The van der Waals surface area contributed by atoms with E-state index in [9.17, 15) is 4.79 Å². The number of aryl methyl sites for hydroxylation is 1. The third-order valence-corrected chi connectivity index (χ3v) is 8.04. The number of carbonyl (C=O) groups is 1. The highest BCUT2D eigenvalue weighted by Crippen LogP contribution is 2.50. The largest absolute Gasteiger partial charge is 0.487 e. The monoisotopic (exact) mass is 445 g/mol. The maximum atomic E-state index is 13.4. The average molecular weight is 446 g/mol. The van der Waals surface area contributed by atoms with Gasteiger partial charge in [0.15, 0.2) is 0 Å². The van der Waals surface area contributed by atoms with Gasteiger partial charge in [0.2, 0.25) is 0 Å². The zero-order valence-electron chi connectivity index (χ0n) is 20.6. The molecule has 1 saturated carbocycles. The molecule has 3 heteroatoms. The predicted octanol–water partition coefficient (Wildman–Crippen LogP) is 6.79. The van der Waals surface area contributed by atoms with Crippen LogP contribution in [0.2, 0.25) is 0 Å². The molecule has 1 spiro atoms. The minimum absolute atomic E-state index is 0.111. The smallest absolute Gasteiger partial charge is 0.253 e. The lowest BCUT2D eigenvalue weighted by Gasteiger charge is -2.47. The molecular formula is C30H39NO2. The molecule has 0 radical (unpaired) electrons. The summed E-state index contributed by atoms with van der Waals surface area (Å²) in [5, 5.41) is 0. The van der Waals surface area contributed by atoms with E-state index >= 15 is 0 Å². The standard InChI is InChI=1S/C30H39NO2/c1-4-23-19-25(12-11-24(23)17-21(2)3)29(32)31-15-13-30(14-16-31)20-26(18-22-9-10-22)27-7-5-6-8-28(27)33-30/h5-8,11-12,19,21-22,26H,4,9-10,13-18,20H2,1-3H3. The minimum Gasteiger partial charge on any atom is -0.487 e. The molecule has 0 aromatic heterocycles. The molecule has 1 saturated heterocycles. The summed E-state index contributed by atoms with van der Waals surface area (Å²) in [6.45, 7) is 8.26. The molecule has 1 aliphatic carbocycles. The van der Waals surface area contributed by atoms with E-state index in [1.165, 1.54) is 36.0 Å². The highest BCUT2D eigenvalue weighted by atomic mass is 16.5. The number of carbonyl (C=O) groups excluding carboxylic acids is 1. The van der Waals surface area contributed by atoms with E-state index in [1.54, 1.807) is 0 Å². The number of likely N-dealkylation sites (tertiary alicyclic amines) is 1. The first-order chi connectivity index (χ1) is 16.0. The summed E-state index contributed by atoms with van der Waals surface area (Å²) in [6.07, 6.45) is 9.10. The molecule has 3 aliphatic rings. The number of hydrogen-bond donors (Lipinski definition) is 0. The van der Waals surface area contributed by atoms with Gasteiger partial charge in [-0.1, -0.05) is 57.9 Å². The van der Waals surface area contributed by atoms with Gasteiger partial charge in [-0.2, -0.15) is 0 Å². The molecular weight excluding hydrogens is 406 g/mol. The lowest BCUT2D eigenvalue weighted by atomic mass is 9.75. The van der Waals surface area contributed by atoms with Gasteiger partial charge in [-0.25, -0.2) is 0 Å². The van der Waals surface area contributed by atoms with Crippen molar-refractivity contribution in [1.82, 2.24) is 4.90 Å². The van der Waals surface area contributed by atoms with Crippen LogP contribution in [-0.4, -0.2) is 29.5 Å².